The average molecular weight is 280 g/mol. The van der Waals surface area contributed by atoms with Crippen LogP contribution in [0.3, 0.4) is 0 Å². The Labute approximate surface area is 115 Å². The SMILES string of the molecule is CCC(C)(Cn1nnnc1-c1sccc1C)C(=O)O. The first-order chi connectivity index (χ1) is 8.98. The van der Waals surface area contributed by atoms with Crippen LogP contribution in [0.5, 0.6) is 0 Å². The standard InChI is InChI=1S/C12H16N4O2S/c1-4-12(3,11(17)18)7-16-10(13-14-15-16)9-8(2)5-6-19-9/h5-6H,4,7H2,1-3H3,(H,17,18). The Hall–Kier alpha value is -1.76. The number of carboxylic acid groups (broad SMARTS) is 1. The molecule has 2 rings (SSSR count). The van der Waals surface area contributed by atoms with Crippen LogP contribution in [0.4, 0.5) is 0 Å². The molecule has 0 saturated heterocycles. The second kappa shape index (κ2) is 5.08. The van der Waals surface area contributed by atoms with Crippen molar-refractivity contribution in [3.63, 3.8) is 0 Å². The molecule has 19 heavy (non-hydrogen) atoms. The quantitative estimate of drug-likeness (QED) is 0.908. The van der Waals surface area contributed by atoms with Gasteiger partial charge in [-0.25, -0.2) is 4.68 Å². The molecule has 2 aromatic heterocycles. The minimum atomic E-state index is -0.866. The van der Waals surface area contributed by atoms with Crippen LogP contribution in [0.15, 0.2) is 11.4 Å². The van der Waals surface area contributed by atoms with E-state index in [9.17, 15) is 9.90 Å². The molecule has 7 heteroatoms. The van der Waals surface area contributed by atoms with E-state index in [0.29, 0.717) is 12.2 Å². The lowest BCUT2D eigenvalue weighted by Gasteiger charge is -2.22. The zero-order chi connectivity index (χ0) is 14.0. The fraction of sp³-hybridized carbons (Fsp3) is 0.500. The number of hydrogen-bond acceptors (Lipinski definition) is 5. The van der Waals surface area contributed by atoms with E-state index < -0.39 is 11.4 Å². The summed E-state index contributed by atoms with van der Waals surface area (Å²) in [5.74, 6) is -0.201. The fourth-order valence-electron chi connectivity index (χ4n) is 1.74. The molecule has 0 saturated carbocycles. The Morgan fingerprint density at radius 3 is 2.84 bits per heavy atom. The first kappa shape index (κ1) is 13.7. The molecule has 0 aliphatic carbocycles. The molecule has 0 amide bonds. The third kappa shape index (κ3) is 2.51. The van der Waals surface area contributed by atoms with Gasteiger partial charge in [0.05, 0.1) is 16.8 Å². The van der Waals surface area contributed by atoms with Crippen molar-refractivity contribution in [2.45, 2.75) is 33.7 Å². The Kier molecular flexibility index (Phi) is 3.66. The van der Waals surface area contributed by atoms with Crippen LogP contribution in [-0.2, 0) is 11.3 Å². The van der Waals surface area contributed by atoms with Crippen LogP contribution in [0.2, 0.25) is 0 Å². The first-order valence-corrected chi connectivity index (χ1v) is 6.90. The summed E-state index contributed by atoms with van der Waals surface area (Å²) < 4.78 is 1.58. The van der Waals surface area contributed by atoms with E-state index in [0.717, 1.165) is 10.4 Å². The van der Waals surface area contributed by atoms with Crippen molar-refractivity contribution in [1.82, 2.24) is 20.2 Å². The van der Waals surface area contributed by atoms with E-state index >= 15 is 0 Å². The van der Waals surface area contributed by atoms with Gasteiger partial charge in [0.25, 0.3) is 0 Å². The first-order valence-electron chi connectivity index (χ1n) is 6.02. The van der Waals surface area contributed by atoms with Gasteiger partial charge in [0.2, 0.25) is 0 Å². The van der Waals surface area contributed by atoms with E-state index in [1.54, 1.807) is 22.9 Å². The molecule has 0 radical (unpaired) electrons. The molecule has 0 bridgehead atoms. The molecule has 6 nitrogen and oxygen atoms in total. The summed E-state index contributed by atoms with van der Waals surface area (Å²) in [4.78, 5) is 12.3. The number of rotatable bonds is 5. The molecule has 0 aliphatic heterocycles. The second-order valence-corrected chi connectivity index (χ2v) is 5.73. The van der Waals surface area contributed by atoms with Crippen molar-refractivity contribution in [2.75, 3.05) is 0 Å². The van der Waals surface area contributed by atoms with Crippen LogP contribution in [0.25, 0.3) is 10.7 Å². The molecule has 0 aromatic carbocycles. The summed E-state index contributed by atoms with van der Waals surface area (Å²) >= 11 is 1.55. The van der Waals surface area contributed by atoms with Gasteiger partial charge in [0.1, 0.15) is 0 Å². The van der Waals surface area contributed by atoms with Crippen LogP contribution in [0, 0.1) is 12.3 Å². The van der Waals surface area contributed by atoms with E-state index in [-0.39, 0.29) is 6.54 Å². The Balaban J connectivity index is 2.36. The molecule has 0 aliphatic rings. The lowest BCUT2D eigenvalue weighted by atomic mass is 9.88. The molecule has 102 valence electrons. The molecule has 2 aromatic rings. The van der Waals surface area contributed by atoms with E-state index in [1.807, 2.05) is 25.3 Å². The molecule has 0 fully saturated rings. The maximum atomic E-state index is 11.4. The van der Waals surface area contributed by atoms with E-state index in [4.69, 9.17) is 0 Å². The number of aliphatic carboxylic acids is 1. The van der Waals surface area contributed by atoms with Gasteiger partial charge in [-0.05, 0) is 47.7 Å². The maximum Gasteiger partial charge on any atom is 0.311 e. The van der Waals surface area contributed by atoms with Gasteiger partial charge in [-0.15, -0.1) is 16.4 Å². The fourth-order valence-corrected chi connectivity index (χ4v) is 2.65. The van der Waals surface area contributed by atoms with Gasteiger partial charge in [-0.3, -0.25) is 4.79 Å². The van der Waals surface area contributed by atoms with Crippen molar-refractivity contribution in [3.8, 4) is 10.7 Å². The number of carboxylic acids is 1. The van der Waals surface area contributed by atoms with Gasteiger partial charge in [-0.2, -0.15) is 0 Å². The molecule has 1 N–H and O–H groups in total. The van der Waals surface area contributed by atoms with Gasteiger partial charge < -0.3 is 5.11 Å². The van der Waals surface area contributed by atoms with Gasteiger partial charge >= 0.3 is 5.97 Å². The zero-order valence-electron chi connectivity index (χ0n) is 11.1. The van der Waals surface area contributed by atoms with Crippen LogP contribution < -0.4 is 0 Å². The van der Waals surface area contributed by atoms with Crippen LogP contribution >= 0.6 is 11.3 Å². The van der Waals surface area contributed by atoms with Gasteiger partial charge in [0.15, 0.2) is 5.82 Å². The van der Waals surface area contributed by atoms with Crippen molar-refractivity contribution in [3.05, 3.63) is 17.0 Å². The molecule has 1 unspecified atom stereocenters. The lowest BCUT2D eigenvalue weighted by Crippen LogP contribution is -2.32. The van der Waals surface area contributed by atoms with Gasteiger partial charge in [-0.1, -0.05) is 6.92 Å². The summed E-state index contributed by atoms with van der Waals surface area (Å²) in [7, 11) is 0. The minimum Gasteiger partial charge on any atom is -0.481 e. The summed E-state index contributed by atoms with van der Waals surface area (Å²) in [6.07, 6.45) is 0.519. The number of hydrogen-bond donors (Lipinski definition) is 1. The molecule has 2 heterocycles. The predicted molar refractivity (Wildman–Crippen MR) is 71.9 cm³/mol. The Morgan fingerprint density at radius 1 is 1.58 bits per heavy atom. The van der Waals surface area contributed by atoms with E-state index in [2.05, 4.69) is 15.5 Å². The molecule has 0 spiro atoms. The van der Waals surface area contributed by atoms with Crippen LogP contribution in [0.1, 0.15) is 25.8 Å². The summed E-state index contributed by atoms with van der Waals surface area (Å²) in [6.45, 7) is 5.82. The average Bonchev–Trinajstić information content (AvgIpc) is 2.97. The number of carbonyl (C=O) groups is 1. The summed E-state index contributed by atoms with van der Waals surface area (Å²) in [5, 5.41) is 22.9. The van der Waals surface area contributed by atoms with E-state index in [1.165, 1.54) is 0 Å². The molecular weight excluding hydrogens is 264 g/mol. The maximum absolute atomic E-state index is 11.4. The number of aryl methyl sites for hydroxylation is 1. The van der Waals surface area contributed by atoms with Crippen molar-refractivity contribution in [2.24, 2.45) is 5.41 Å². The summed E-state index contributed by atoms with van der Waals surface area (Å²) in [6, 6.07) is 2.00. The van der Waals surface area contributed by atoms with Crippen molar-refractivity contribution >= 4 is 17.3 Å². The normalized spacial score (nSPS) is 14.3. The third-order valence-electron chi connectivity index (χ3n) is 3.39. The molecular formula is C12H16N4O2S. The number of tetrazole rings is 1. The largest absolute Gasteiger partial charge is 0.481 e. The van der Waals surface area contributed by atoms with Crippen LogP contribution in [-0.4, -0.2) is 31.3 Å². The van der Waals surface area contributed by atoms with Crippen molar-refractivity contribution < 1.29 is 9.90 Å². The topological polar surface area (TPSA) is 80.9 Å². The Bertz CT molecular complexity index is 592. The summed E-state index contributed by atoms with van der Waals surface area (Å²) in [5.41, 5.74) is 0.226. The monoisotopic (exact) mass is 280 g/mol. The third-order valence-corrected chi connectivity index (χ3v) is 4.40. The van der Waals surface area contributed by atoms with Gasteiger partial charge in [0, 0.05) is 0 Å². The lowest BCUT2D eigenvalue weighted by molar-refractivity contribution is -0.149. The second-order valence-electron chi connectivity index (χ2n) is 4.81. The molecule has 1 atom stereocenters. The predicted octanol–water partition coefficient (Wildman–Crippen LogP) is 2.21. The highest BCUT2D eigenvalue weighted by atomic mass is 32.1. The number of nitrogens with zero attached hydrogens (tertiary/aromatic N) is 4. The smallest absolute Gasteiger partial charge is 0.311 e. The minimum absolute atomic E-state index is 0.262. The number of aromatic nitrogens is 4. The highest BCUT2D eigenvalue weighted by molar-refractivity contribution is 7.13. The zero-order valence-corrected chi connectivity index (χ0v) is 11.9. The highest BCUT2D eigenvalue weighted by Gasteiger charge is 2.33. The Morgan fingerprint density at radius 2 is 2.32 bits per heavy atom. The highest BCUT2D eigenvalue weighted by Crippen LogP contribution is 2.30. The van der Waals surface area contributed by atoms with Crippen molar-refractivity contribution in [1.29, 1.82) is 0 Å². The number of thiophene rings is 1.